The van der Waals surface area contributed by atoms with Gasteiger partial charge in [0, 0.05) is 18.0 Å². The smallest absolute Gasteiger partial charge is 0.119 e. The zero-order valence-corrected chi connectivity index (χ0v) is 12.8. The molecule has 1 atom stereocenters. The second-order valence-electron chi connectivity index (χ2n) is 5.19. The molecular weight excluding hydrogens is 268 g/mol. The van der Waals surface area contributed by atoms with Gasteiger partial charge in [0.15, 0.2) is 0 Å². The van der Waals surface area contributed by atoms with Gasteiger partial charge in [-0.25, -0.2) is 0 Å². The number of benzene rings is 1. The molecule has 0 aliphatic carbocycles. The number of nitrogens with zero attached hydrogens (tertiary/aromatic N) is 4. The Morgan fingerprint density at radius 2 is 2.00 bits per heavy atom. The fourth-order valence-corrected chi connectivity index (χ4v) is 1.86. The van der Waals surface area contributed by atoms with Gasteiger partial charge in [0.1, 0.15) is 12.4 Å². The van der Waals surface area contributed by atoms with Crippen molar-refractivity contribution in [3.8, 4) is 5.75 Å². The van der Waals surface area contributed by atoms with E-state index in [1.165, 1.54) is 0 Å². The van der Waals surface area contributed by atoms with Crippen molar-refractivity contribution in [3.63, 3.8) is 0 Å². The van der Waals surface area contributed by atoms with Gasteiger partial charge in [0.05, 0.1) is 6.10 Å². The number of rotatable bonds is 10. The molecule has 1 N–H and O–H groups in total. The monoisotopic (exact) mass is 292 g/mol. The molecule has 0 bridgehead atoms. The van der Waals surface area contributed by atoms with Gasteiger partial charge in [-0.05, 0) is 50.2 Å². The molecule has 0 aliphatic rings. The summed E-state index contributed by atoms with van der Waals surface area (Å²) in [4.78, 5) is 4.77. The first-order chi connectivity index (χ1) is 10.1. The van der Waals surface area contributed by atoms with E-state index in [9.17, 15) is 5.11 Å². The molecule has 116 valence electrons. The Hall–Kier alpha value is -1.75. The lowest BCUT2D eigenvalue weighted by atomic mass is 10.0. The Kier molecular flexibility index (Phi) is 8.28. The van der Waals surface area contributed by atoms with Gasteiger partial charge in [0.2, 0.25) is 0 Å². The fraction of sp³-hybridized carbons (Fsp3) is 0.600. The summed E-state index contributed by atoms with van der Waals surface area (Å²) in [6.07, 6.45) is 1.82. The molecule has 0 heterocycles. The normalized spacial score (nSPS) is 12.0. The van der Waals surface area contributed by atoms with Crippen molar-refractivity contribution < 1.29 is 9.84 Å². The Morgan fingerprint density at radius 1 is 1.29 bits per heavy atom. The fourth-order valence-electron chi connectivity index (χ4n) is 1.86. The molecule has 0 spiro atoms. The zero-order valence-electron chi connectivity index (χ0n) is 12.8. The lowest BCUT2D eigenvalue weighted by molar-refractivity contribution is 0.164. The summed E-state index contributed by atoms with van der Waals surface area (Å²) < 4.78 is 5.61. The van der Waals surface area contributed by atoms with Crippen molar-refractivity contribution in [1.82, 2.24) is 4.90 Å². The van der Waals surface area contributed by atoms with Crippen LogP contribution in [0.2, 0.25) is 0 Å². The first-order valence-corrected chi connectivity index (χ1v) is 7.20. The van der Waals surface area contributed by atoms with Gasteiger partial charge in [-0.1, -0.05) is 23.7 Å². The highest BCUT2D eigenvalue weighted by atomic mass is 16.5. The van der Waals surface area contributed by atoms with E-state index < -0.39 is 6.10 Å². The van der Waals surface area contributed by atoms with E-state index in [0.29, 0.717) is 19.6 Å². The number of aliphatic hydroxyl groups is 1. The van der Waals surface area contributed by atoms with Crippen molar-refractivity contribution in [2.75, 3.05) is 33.8 Å². The van der Waals surface area contributed by atoms with Crippen LogP contribution in [-0.2, 0) is 0 Å². The lowest BCUT2D eigenvalue weighted by Gasteiger charge is -2.13. The standard InChI is InChI=1S/C15H24N4O2/c1-19(2)11-12-21-14-8-6-13(7-9-14)15(20)5-3-4-10-17-18-16/h6-9,15,20H,3-5,10-12H2,1-2H3. The van der Waals surface area contributed by atoms with Gasteiger partial charge < -0.3 is 14.7 Å². The molecule has 0 aromatic heterocycles. The van der Waals surface area contributed by atoms with E-state index >= 15 is 0 Å². The minimum absolute atomic E-state index is 0.480. The number of hydrogen-bond acceptors (Lipinski definition) is 4. The largest absolute Gasteiger partial charge is 0.492 e. The highest BCUT2D eigenvalue weighted by Crippen LogP contribution is 2.22. The number of likely N-dealkylation sites (N-methyl/N-ethyl adjacent to an activating group) is 1. The Labute approximate surface area is 126 Å². The summed E-state index contributed by atoms with van der Waals surface area (Å²) in [6, 6.07) is 7.55. The van der Waals surface area contributed by atoms with E-state index in [1.54, 1.807) is 0 Å². The molecule has 1 aromatic rings. The van der Waals surface area contributed by atoms with Gasteiger partial charge >= 0.3 is 0 Å². The molecule has 6 heteroatoms. The van der Waals surface area contributed by atoms with Crippen LogP contribution in [0.4, 0.5) is 0 Å². The third kappa shape index (κ3) is 7.56. The lowest BCUT2D eigenvalue weighted by Crippen LogP contribution is -2.19. The van der Waals surface area contributed by atoms with Crippen LogP contribution in [-0.4, -0.2) is 43.8 Å². The Balaban J connectivity index is 2.33. The van der Waals surface area contributed by atoms with Crippen LogP contribution in [0.15, 0.2) is 29.4 Å². The quantitative estimate of drug-likeness (QED) is 0.311. The highest BCUT2D eigenvalue weighted by molar-refractivity contribution is 5.28. The zero-order chi connectivity index (χ0) is 15.5. The van der Waals surface area contributed by atoms with Gasteiger partial charge in [0.25, 0.3) is 0 Å². The average molecular weight is 292 g/mol. The maximum Gasteiger partial charge on any atom is 0.119 e. The molecule has 6 nitrogen and oxygen atoms in total. The molecule has 1 aromatic carbocycles. The molecule has 0 saturated carbocycles. The van der Waals surface area contributed by atoms with Crippen LogP contribution in [0, 0.1) is 0 Å². The van der Waals surface area contributed by atoms with Gasteiger partial charge in [-0.2, -0.15) is 0 Å². The van der Waals surface area contributed by atoms with Crippen LogP contribution >= 0.6 is 0 Å². The molecule has 1 rings (SSSR count). The molecule has 0 radical (unpaired) electrons. The van der Waals surface area contributed by atoms with Crippen LogP contribution in [0.3, 0.4) is 0 Å². The van der Waals surface area contributed by atoms with E-state index in [4.69, 9.17) is 10.3 Å². The van der Waals surface area contributed by atoms with Crippen molar-refractivity contribution in [3.05, 3.63) is 40.3 Å². The Morgan fingerprint density at radius 3 is 2.62 bits per heavy atom. The summed E-state index contributed by atoms with van der Waals surface area (Å²) in [7, 11) is 4.01. The Bertz CT molecular complexity index is 441. The number of unbranched alkanes of at least 4 members (excludes halogenated alkanes) is 1. The van der Waals surface area contributed by atoms with Crippen LogP contribution in [0.5, 0.6) is 5.75 Å². The van der Waals surface area contributed by atoms with E-state index in [1.807, 2.05) is 38.4 Å². The van der Waals surface area contributed by atoms with Crippen LogP contribution in [0.25, 0.3) is 10.4 Å². The van der Waals surface area contributed by atoms with Crippen molar-refractivity contribution >= 4 is 0 Å². The maximum absolute atomic E-state index is 10.1. The van der Waals surface area contributed by atoms with E-state index in [-0.39, 0.29) is 0 Å². The topological polar surface area (TPSA) is 81.5 Å². The summed E-state index contributed by atoms with van der Waals surface area (Å²) in [5, 5.41) is 13.5. The minimum atomic E-state index is -0.480. The predicted molar refractivity (Wildman–Crippen MR) is 83.3 cm³/mol. The van der Waals surface area contributed by atoms with Gasteiger partial charge in [-0.15, -0.1) is 0 Å². The van der Waals surface area contributed by atoms with E-state index in [2.05, 4.69) is 14.9 Å². The minimum Gasteiger partial charge on any atom is -0.492 e. The molecule has 1 unspecified atom stereocenters. The SMILES string of the molecule is CN(C)CCOc1ccc(C(O)CCCCN=[N+]=[N-])cc1. The number of azide groups is 1. The molecule has 0 aliphatic heterocycles. The molecule has 0 amide bonds. The second kappa shape index (κ2) is 10.0. The molecule has 21 heavy (non-hydrogen) atoms. The van der Waals surface area contributed by atoms with Crippen molar-refractivity contribution in [1.29, 1.82) is 0 Å². The number of hydrogen-bond donors (Lipinski definition) is 1. The molecular formula is C15H24N4O2. The van der Waals surface area contributed by atoms with Crippen molar-refractivity contribution in [2.24, 2.45) is 5.11 Å². The van der Waals surface area contributed by atoms with Crippen molar-refractivity contribution in [2.45, 2.75) is 25.4 Å². The molecule has 0 saturated heterocycles. The third-order valence-electron chi connectivity index (χ3n) is 3.12. The second-order valence-corrected chi connectivity index (χ2v) is 5.19. The van der Waals surface area contributed by atoms with Crippen LogP contribution < -0.4 is 4.74 Å². The average Bonchev–Trinajstić information content (AvgIpc) is 2.47. The first kappa shape index (κ1) is 17.3. The van der Waals surface area contributed by atoms with E-state index in [0.717, 1.165) is 30.7 Å². The first-order valence-electron chi connectivity index (χ1n) is 7.20. The highest BCUT2D eigenvalue weighted by Gasteiger charge is 2.07. The summed E-state index contributed by atoms with van der Waals surface area (Å²) in [5.41, 5.74) is 9.05. The predicted octanol–water partition coefficient (Wildman–Crippen LogP) is 3.14. The maximum atomic E-state index is 10.1. The van der Waals surface area contributed by atoms with Crippen LogP contribution in [0.1, 0.15) is 30.9 Å². The number of ether oxygens (including phenoxy) is 1. The summed E-state index contributed by atoms with van der Waals surface area (Å²) in [5.74, 6) is 0.816. The number of aliphatic hydroxyl groups excluding tert-OH is 1. The summed E-state index contributed by atoms with van der Waals surface area (Å²) >= 11 is 0. The third-order valence-corrected chi connectivity index (χ3v) is 3.12. The van der Waals surface area contributed by atoms with Gasteiger partial charge in [-0.3, -0.25) is 0 Å². The summed E-state index contributed by atoms with van der Waals surface area (Å²) in [6.45, 7) is 2.01. The molecule has 0 fully saturated rings.